The Kier molecular flexibility index (Phi) is 6.80. The Morgan fingerprint density at radius 3 is 2.54 bits per heavy atom. The molecule has 0 aromatic heterocycles. The van der Waals surface area contributed by atoms with Crippen LogP contribution in [0.4, 0.5) is 10.5 Å². The number of carbonyl (C=O) groups excluding carboxylic acids is 1. The minimum Gasteiger partial charge on any atom is -0.508 e. The van der Waals surface area contributed by atoms with E-state index in [-0.39, 0.29) is 5.75 Å². The Bertz CT molecular complexity index is 807. The number of aliphatic carboxylic acids is 1. The average molecular weight is 420 g/mol. The molecule has 0 heterocycles. The van der Waals surface area contributed by atoms with Gasteiger partial charge in [0.05, 0.1) is 0 Å². The fraction of sp³-hybridized carbons (Fsp3) is 0.158. The number of hydrogen-bond donors (Lipinski definition) is 3. The number of anilines is 1. The summed E-state index contributed by atoms with van der Waals surface area (Å²) in [7, 11) is 0. The third-order valence-corrected chi connectivity index (χ3v) is 4.06. The quantitative estimate of drug-likeness (QED) is 0.588. The van der Waals surface area contributed by atoms with E-state index >= 15 is 0 Å². The van der Waals surface area contributed by atoms with Crippen LogP contribution < -0.4 is 5.32 Å². The normalized spacial score (nSPS) is 13.2. The smallest absolute Gasteiger partial charge is 0.412 e. The summed E-state index contributed by atoms with van der Waals surface area (Å²) in [5.41, 5.74) is 0.925. The predicted molar refractivity (Wildman–Crippen MR) is 101 cm³/mol. The van der Waals surface area contributed by atoms with Crippen molar-refractivity contribution in [3.63, 3.8) is 0 Å². The molecule has 136 valence electrons. The number of phenolic OH excluding ortho intramolecular Hbond substituents is 1. The van der Waals surface area contributed by atoms with Gasteiger partial charge in [-0.2, -0.15) is 0 Å². The predicted octanol–water partition coefficient (Wildman–Crippen LogP) is 4.72. The van der Waals surface area contributed by atoms with Gasteiger partial charge in [0.2, 0.25) is 0 Å². The number of phenols is 1. The first-order valence-corrected chi connectivity index (χ1v) is 8.58. The van der Waals surface area contributed by atoms with Crippen LogP contribution in [0.3, 0.4) is 0 Å². The van der Waals surface area contributed by atoms with Crippen LogP contribution in [0.5, 0.6) is 5.75 Å². The topological polar surface area (TPSA) is 95.9 Å². The van der Waals surface area contributed by atoms with Crippen molar-refractivity contribution < 1.29 is 24.5 Å². The van der Waals surface area contributed by atoms with Gasteiger partial charge in [0.1, 0.15) is 11.9 Å². The van der Waals surface area contributed by atoms with Gasteiger partial charge in [0.25, 0.3) is 0 Å². The Hall–Kier alpha value is -2.80. The molecule has 7 heteroatoms. The molecule has 26 heavy (non-hydrogen) atoms. The van der Waals surface area contributed by atoms with Crippen molar-refractivity contribution in [1.29, 1.82) is 0 Å². The highest BCUT2D eigenvalue weighted by molar-refractivity contribution is 9.10. The maximum absolute atomic E-state index is 12.3. The first-order chi connectivity index (χ1) is 12.4. The lowest BCUT2D eigenvalue weighted by Crippen LogP contribution is -2.21. The molecule has 0 fully saturated rings. The van der Waals surface area contributed by atoms with Crippen LogP contribution in [-0.4, -0.2) is 22.3 Å². The lowest BCUT2D eigenvalue weighted by atomic mass is 9.96. The second kappa shape index (κ2) is 9.05. The number of carboxylic acids is 1. The van der Waals surface area contributed by atoms with Gasteiger partial charge in [0, 0.05) is 27.7 Å². The third kappa shape index (κ3) is 5.63. The molecule has 0 radical (unpaired) electrons. The van der Waals surface area contributed by atoms with Crippen LogP contribution in [0.25, 0.3) is 0 Å². The second-order valence-electron chi connectivity index (χ2n) is 5.58. The number of para-hydroxylation sites is 1. The zero-order chi connectivity index (χ0) is 19.1. The summed E-state index contributed by atoms with van der Waals surface area (Å²) in [5.74, 6) is -1.66. The van der Waals surface area contributed by atoms with Gasteiger partial charge in [-0.1, -0.05) is 47.1 Å². The molecular formula is C19H18BrNO5. The molecule has 0 aliphatic carbocycles. The van der Waals surface area contributed by atoms with E-state index < -0.39 is 24.1 Å². The van der Waals surface area contributed by atoms with E-state index in [9.17, 15) is 14.7 Å². The summed E-state index contributed by atoms with van der Waals surface area (Å²) in [6.07, 6.45) is 0.789. The van der Waals surface area contributed by atoms with Crippen molar-refractivity contribution in [2.45, 2.75) is 13.0 Å². The lowest BCUT2D eigenvalue weighted by molar-refractivity contribution is -0.131. The largest absolute Gasteiger partial charge is 0.508 e. The highest BCUT2D eigenvalue weighted by Crippen LogP contribution is 2.35. The van der Waals surface area contributed by atoms with Crippen molar-refractivity contribution in [3.8, 4) is 5.75 Å². The zero-order valence-electron chi connectivity index (χ0n) is 13.9. The molecule has 0 saturated heterocycles. The Morgan fingerprint density at radius 2 is 1.88 bits per heavy atom. The second-order valence-corrected chi connectivity index (χ2v) is 6.49. The van der Waals surface area contributed by atoms with Gasteiger partial charge in [0.15, 0.2) is 0 Å². The van der Waals surface area contributed by atoms with Gasteiger partial charge in [-0.15, -0.1) is 0 Å². The SMILES string of the molecule is C[C@H](/C=C/C(=O)O)[C@@H](OC(=O)Nc1ccccc1)c1cc(Br)ccc1O. The van der Waals surface area contributed by atoms with Gasteiger partial charge < -0.3 is 14.9 Å². The monoisotopic (exact) mass is 419 g/mol. The summed E-state index contributed by atoms with van der Waals surface area (Å²) in [4.78, 5) is 23.1. The molecule has 0 aliphatic rings. The molecule has 0 spiro atoms. The highest BCUT2D eigenvalue weighted by atomic mass is 79.9. The minimum absolute atomic E-state index is 0.0544. The summed E-state index contributed by atoms with van der Waals surface area (Å²) < 4.78 is 6.19. The van der Waals surface area contributed by atoms with Gasteiger partial charge in [-0.3, -0.25) is 5.32 Å². The first-order valence-electron chi connectivity index (χ1n) is 7.79. The van der Waals surface area contributed by atoms with E-state index in [1.165, 1.54) is 12.1 Å². The number of halogens is 1. The Morgan fingerprint density at radius 1 is 1.19 bits per heavy atom. The fourth-order valence-corrected chi connectivity index (χ4v) is 2.71. The number of benzene rings is 2. The van der Waals surface area contributed by atoms with Gasteiger partial charge in [-0.05, 0) is 30.3 Å². The van der Waals surface area contributed by atoms with Crippen LogP contribution in [0.1, 0.15) is 18.6 Å². The number of aromatic hydroxyl groups is 1. The molecule has 2 rings (SSSR count). The van der Waals surface area contributed by atoms with Gasteiger partial charge in [-0.25, -0.2) is 9.59 Å². The molecule has 0 bridgehead atoms. The zero-order valence-corrected chi connectivity index (χ0v) is 15.5. The molecule has 1 amide bonds. The summed E-state index contributed by atoms with van der Waals surface area (Å²) in [6, 6.07) is 13.5. The van der Waals surface area contributed by atoms with Crippen molar-refractivity contribution in [1.82, 2.24) is 0 Å². The third-order valence-electron chi connectivity index (χ3n) is 3.57. The molecule has 2 aromatic carbocycles. The highest BCUT2D eigenvalue weighted by Gasteiger charge is 2.25. The van der Waals surface area contributed by atoms with Crippen LogP contribution in [0.2, 0.25) is 0 Å². The molecule has 0 unspecified atom stereocenters. The maximum atomic E-state index is 12.3. The molecule has 2 aromatic rings. The standard InChI is InChI=1S/C19H18BrNO5/c1-12(7-10-17(23)24)18(15-11-13(20)8-9-16(15)22)26-19(25)21-14-5-3-2-4-6-14/h2-12,18,22H,1H3,(H,21,25)(H,23,24)/b10-7+/t12-,18-/m1/s1. The number of nitrogens with one attached hydrogen (secondary N) is 1. The van der Waals surface area contributed by atoms with Crippen LogP contribution in [-0.2, 0) is 9.53 Å². The Labute approximate surface area is 159 Å². The van der Waals surface area contributed by atoms with E-state index in [1.807, 2.05) is 6.07 Å². The minimum atomic E-state index is -1.11. The molecular weight excluding hydrogens is 402 g/mol. The molecule has 6 nitrogen and oxygen atoms in total. The van der Waals surface area contributed by atoms with E-state index in [2.05, 4.69) is 21.2 Å². The van der Waals surface area contributed by atoms with Crippen LogP contribution in [0, 0.1) is 5.92 Å². The number of rotatable bonds is 6. The summed E-state index contributed by atoms with van der Waals surface area (Å²) >= 11 is 3.32. The fourth-order valence-electron chi connectivity index (χ4n) is 2.33. The lowest BCUT2D eigenvalue weighted by Gasteiger charge is -2.23. The van der Waals surface area contributed by atoms with E-state index in [0.29, 0.717) is 15.7 Å². The van der Waals surface area contributed by atoms with Crippen LogP contribution >= 0.6 is 15.9 Å². The van der Waals surface area contributed by atoms with Crippen molar-refractivity contribution in [3.05, 3.63) is 70.7 Å². The summed E-state index contributed by atoms with van der Waals surface area (Å²) in [5, 5.41) is 21.6. The number of amides is 1. The molecule has 2 atom stereocenters. The van der Waals surface area contributed by atoms with Crippen molar-refractivity contribution >= 4 is 33.7 Å². The molecule has 0 aliphatic heterocycles. The number of hydrogen-bond acceptors (Lipinski definition) is 4. The number of carbonyl (C=O) groups is 2. The molecule has 0 saturated carbocycles. The Balaban J connectivity index is 2.26. The number of carboxylic acid groups (broad SMARTS) is 1. The average Bonchev–Trinajstić information content (AvgIpc) is 2.60. The van der Waals surface area contributed by atoms with Crippen molar-refractivity contribution in [2.75, 3.05) is 5.32 Å². The summed E-state index contributed by atoms with van der Waals surface area (Å²) in [6.45, 7) is 1.69. The van der Waals surface area contributed by atoms with Crippen molar-refractivity contribution in [2.24, 2.45) is 5.92 Å². The first kappa shape index (κ1) is 19.5. The number of ether oxygens (including phenoxy) is 1. The van der Waals surface area contributed by atoms with E-state index in [1.54, 1.807) is 43.3 Å². The van der Waals surface area contributed by atoms with E-state index in [0.717, 1.165) is 6.08 Å². The van der Waals surface area contributed by atoms with E-state index in [4.69, 9.17) is 9.84 Å². The molecule has 3 N–H and O–H groups in total. The van der Waals surface area contributed by atoms with Crippen LogP contribution in [0.15, 0.2) is 65.2 Å². The maximum Gasteiger partial charge on any atom is 0.412 e. The van der Waals surface area contributed by atoms with Gasteiger partial charge >= 0.3 is 12.1 Å².